The molecule has 0 spiro atoms. The molecule has 0 aliphatic rings. The number of anilines is 2. The monoisotopic (exact) mass is 225 g/mol. The summed E-state index contributed by atoms with van der Waals surface area (Å²) in [4.78, 5) is 8.03. The third kappa shape index (κ3) is 2.69. The fourth-order valence-corrected chi connectivity index (χ4v) is 1.38. The molecule has 2 aromatic rings. The molecular formula is C12H11N5. The predicted molar refractivity (Wildman–Crippen MR) is 64.9 cm³/mol. The van der Waals surface area contributed by atoms with E-state index in [9.17, 15) is 0 Å². The van der Waals surface area contributed by atoms with E-state index in [-0.39, 0.29) is 0 Å². The molecule has 0 aliphatic heterocycles. The van der Waals surface area contributed by atoms with Gasteiger partial charge in [-0.25, -0.2) is 9.97 Å². The van der Waals surface area contributed by atoms with Crippen molar-refractivity contribution in [2.75, 3.05) is 11.1 Å². The van der Waals surface area contributed by atoms with Crippen LogP contribution in [0.5, 0.6) is 0 Å². The maximum absolute atomic E-state index is 8.70. The number of para-hydroxylation sites is 1. The number of hydrogen-bond donors (Lipinski definition) is 2. The largest absolute Gasteiger partial charge is 0.398 e. The molecule has 0 aliphatic carbocycles. The number of nitrogens with two attached hydrogens (primary N) is 1. The van der Waals surface area contributed by atoms with E-state index in [2.05, 4.69) is 15.3 Å². The summed E-state index contributed by atoms with van der Waals surface area (Å²) in [6, 6.07) is 11.1. The highest BCUT2D eigenvalue weighted by Crippen LogP contribution is 2.11. The van der Waals surface area contributed by atoms with Gasteiger partial charge < -0.3 is 11.1 Å². The average molecular weight is 225 g/mol. The van der Waals surface area contributed by atoms with Crippen molar-refractivity contribution in [2.45, 2.75) is 6.54 Å². The van der Waals surface area contributed by atoms with E-state index in [0.29, 0.717) is 18.2 Å². The molecule has 0 saturated heterocycles. The van der Waals surface area contributed by atoms with Gasteiger partial charge in [-0.2, -0.15) is 5.26 Å². The lowest BCUT2D eigenvalue weighted by molar-refractivity contribution is 1.05. The van der Waals surface area contributed by atoms with Gasteiger partial charge in [0.2, 0.25) is 5.95 Å². The molecule has 0 fully saturated rings. The van der Waals surface area contributed by atoms with Crippen molar-refractivity contribution >= 4 is 11.6 Å². The SMILES string of the molecule is N#Cc1ccnc(NCc2ccccc2N)n1. The van der Waals surface area contributed by atoms with Crippen LogP contribution in [0.25, 0.3) is 0 Å². The lowest BCUT2D eigenvalue weighted by Gasteiger charge is -2.06. The summed E-state index contributed by atoms with van der Waals surface area (Å²) in [6.07, 6.45) is 1.54. The van der Waals surface area contributed by atoms with Gasteiger partial charge in [0, 0.05) is 18.4 Å². The first-order valence-corrected chi connectivity index (χ1v) is 5.10. The van der Waals surface area contributed by atoms with E-state index in [1.54, 1.807) is 12.3 Å². The standard InChI is InChI=1S/C12H11N5/c13-7-10-5-6-15-12(17-10)16-8-9-3-1-2-4-11(9)14/h1-6H,8,14H2,(H,15,16,17). The van der Waals surface area contributed by atoms with Crippen molar-refractivity contribution < 1.29 is 0 Å². The number of benzene rings is 1. The molecule has 1 aromatic carbocycles. The number of rotatable bonds is 3. The Bertz CT molecular complexity index is 559. The Kier molecular flexibility index (Phi) is 3.17. The van der Waals surface area contributed by atoms with Gasteiger partial charge in [-0.05, 0) is 17.7 Å². The van der Waals surface area contributed by atoms with E-state index in [4.69, 9.17) is 11.0 Å². The van der Waals surface area contributed by atoms with Crippen molar-refractivity contribution in [2.24, 2.45) is 0 Å². The zero-order chi connectivity index (χ0) is 12.1. The van der Waals surface area contributed by atoms with Crippen molar-refractivity contribution in [3.05, 3.63) is 47.8 Å². The van der Waals surface area contributed by atoms with Gasteiger partial charge in [-0.15, -0.1) is 0 Å². The maximum Gasteiger partial charge on any atom is 0.224 e. The third-order valence-corrected chi connectivity index (χ3v) is 2.26. The molecule has 0 amide bonds. The maximum atomic E-state index is 8.70. The van der Waals surface area contributed by atoms with Crippen LogP contribution in [0.3, 0.4) is 0 Å². The Morgan fingerprint density at radius 1 is 1.29 bits per heavy atom. The summed E-state index contributed by atoms with van der Waals surface area (Å²) in [5.74, 6) is 0.423. The quantitative estimate of drug-likeness (QED) is 0.773. The second kappa shape index (κ2) is 4.94. The highest BCUT2D eigenvalue weighted by Gasteiger charge is 2.00. The summed E-state index contributed by atoms with van der Waals surface area (Å²) >= 11 is 0. The molecule has 5 heteroatoms. The smallest absolute Gasteiger partial charge is 0.224 e. The van der Waals surface area contributed by atoms with Gasteiger partial charge in [0.25, 0.3) is 0 Å². The number of nitrogens with zero attached hydrogens (tertiary/aromatic N) is 3. The van der Waals surface area contributed by atoms with Crippen LogP contribution in [-0.2, 0) is 6.54 Å². The molecule has 1 heterocycles. The van der Waals surface area contributed by atoms with E-state index >= 15 is 0 Å². The molecule has 3 N–H and O–H groups in total. The molecule has 17 heavy (non-hydrogen) atoms. The molecule has 0 saturated carbocycles. The number of nitrogen functional groups attached to an aromatic ring is 1. The van der Waals surface area contributed by atoms with Crippen LogP contribution in [0.4, 0.5) is 11.6 Å². The van der Waals surface area contributed by atoms with Gasteiger partial charge in [0.1, 0.15) is 11.8 Å². The summed E-state index contributed by atoms with van der Waals surface area (Å²) in [5.41, 5.74) is 7.83. The Morgan fingerprint density at radius 2 is 2.12 bits per heavy atom. The Labute approximate surface area is 98.9 Å². The summed E-state index contributed by atoms with van der Waals surface area (Å²) in [5, 5.41) is 11.7. The normalized spacial score (nSPS) is 9.59. The first-order valence-electron chi connectivity index (χ1n) is 5.10. The number of nitriles is 1. The Hall–Kier alpha value is -2.61. The number of nitrogens with one attached hydrogen (secondary N) is 1. The van der Waals surface area contributed by atoms with Crippen molar-refractivity contribution in [3.8, 4) is 6.07 Å². The third-order valence-electron chi connectivity index (χ3n) is 2.26. The zero-order valence-electron chi connectivity index (χ0n) is 9.09. The fourth-order valence-electron chi connectivity index (χ4n) is 1.38. The second-order valence-electron chi connectivity index (χ2n) is 3.43. The van der Waals surface area contributed by atoms with E-state index in [1.807, 2.05) is 30.3 Å². The molecule has 0 atom stereocenters. The lowest BCUT2D eigenvalue weighted by Crippen LogP contribution is -2.06. The second-order valence-corrected chi connectivity index (χ2v) is 3.43. The summed E-state index contributed by atoms with van der Waals surface area (Å²) in [7, 11) is 0. The Morgan fingerprint density at radius 3 is 2.88 bits per heavy atom. The van der Waals surface area contributed by atoms with Crippen LogP contribution in [-0.4, -0.2) is 9.97 Å². The van der Waals surface area contributed by atoms with Crippen LogP contribution in [0.15, 0.2) is 36.5 Å². The molecule has 5 nitrogen and oxygen atoms in total. The molecule has 0 unspecified atom stereocenters. The van der Waals surface area contributed by atoms with Gasteiger partial charge in [-0.3, -0.25) is 0 Å². The minimum atomic E-state index is 0.337. The number of aromatic nitrogens is 2. The summed E-state index contributed by atoms with van der Waals surface area (Å²) < 4.78 is 0. The van der Waals surface area contributed by atoms with E-state index in [0.717, 1.165) is 11.3 Å². The van der Waals surface area contributed by atoms with Crippen LogP contribution < -0.4 is 11.1 Å². The highest BCUT2D eigenvalue weighted by atomic mass is 15.1. The van der Waals surface area contributed by atoms with Gasteiger partial charge in [0.15, 0.2) is 0 Å². The molecule has 1 aromatic heterocycles. The Balaban J connectivity index is 2.08. The first kappa shape index (κ1) is 10.9. The highest BCUT2D eigenvalue weighted by molar-refractivity contribution is 5.47. The minimum Gasteiger partial charge on any atom is -0.398 e. The van der Waals surface area contributed by atoms with Crippen molar-refractivity contribution in [1.29, 1.82) is 5.26 Å². The fraction of sp³-hybridized carbons (Fsp3) is 0.0833. The first-order chi connectivity index (χ1) is 8.29. The van der Waals surface area contributed by atoms with E-state index in [1.165, 1.54) is 0 Å². The van der Waals surface area contributed by atoms with Gasteiger partial charge in [-0.1, -0.05) is 18.2 Å². The predicted octanol–water partition coefficient (Wildman–Crippen LogP) is 1.54. The molecule has 2 rings (SSSR count). The molecule has 0 bridgehead atoms. The lowest BCUT2D eigenvalue weighted by atomic mass is 10.2. The molecule has 84 valence electrons. The van der Waals surface area contributed by atoms with Gasteiger partial charge in [0.05, 0.1) is 0 Å². The average Bonchev–Trinajstić information content (AvgIpc) is 2.38. The van der Waals surface area contributed by atoms with Gasteiger partial charge >= 0.3 is 0 Å². The topological polar surface area (TPSA) is 87.6 Å². The van der Waals surface area contributed by atoms with Crippen LogP contribution in [0.1, 0.15) is 11.3 Å². The van der Waals surface area contributed by atoms with Crippen molar-refractivity contribution in [3.63, 3.8) is 0 Å². The minimum absolute atomic E-state index is 0.337. The zero-order valence-corrected chi connectivity index (χ0v) is 9.09. The molecular weight excluding hydrogens is 214 g/mol. The van der Waals surface area contributed by atoms with Crippen LogP contribution in [0, 0.1) is 11.3 Å². The molecule has 0 radical (unpaired) electrons. The van der Waals surface area contributed by atoms with Crippen LogP contribution in [0.2, 0.25) is 0 Å². The van der Waals surface area contributed by atoms with Crippen LogP contribution >= 0.6 is 0 Å². The van der Waals surface area contributed by atoms with Crippen molar-refractivity contribution in [1.82, 2.24) is 9.97 Å². The van der Waals surface area contributed by atoms with E-state index < -0.39 is 0 Å². The number of hydrogen-bond acceptors (Lipinski definition) is 5. The summed E-state index contributed by atoms with van der Waals surface area (Å²) in [6.45, 7) is 0.529.